The second-order valence-electron chi connectivity index (χ2n) is 7.62. The van der Waals surface area contributed by atoms with Crippen molar-refractivity contribution in [2.45, 2.75) is 43.6 Å². The lowest BCUT2D eigenvalue weighted by Gasteiger charge is -2.41. The molecule has 4 rings (SSSR count). The molecule has 4 aliphatic rings. The number of hydrogen-bond acceptors (Lipinski definition) is 4. The van der Waals surface area contributed by atoms with Gasteiger partial charge in [0.15, 0.2) is 0 Å². The molecule has 5 atom stereocenters. The van der Waals surface area contributed by atoms with Crippen LogP contribution >= 0.6 is 0 Å². The first kappa shape index (κ1) is 14.6. The zero-order valence-electron chi connectivity index (χ0n) is 13.1. The van der Waals surface area contributed by atoms with Gasteiger partial charge in [-0.2, -0.15) is 0 Å². The van der Waals surface area contributed by atoms with Crippen LogP contribution in [-0.2, 0) is 18.9 Å². The predicted molar refractivity (Wildman–Crippen MR) is 82.5 cm³/mol. The number of hydrogen-bond donors (Lipinski definition) is 0. The Morgan fingerprint density at radius 3 is 2.14 bits per heavy atom. The first-order valence-corrected chi connectivity index (χ1v) is 10.9. The molecule has 2 aliphatic heterocycles. The van der Waals surface area contributed by atoms with Crippen LogP contribution in [0.4, 0.5) is 0 Å². The summed E-state index contributed by atoms with van der Waals surface area (Å²) >= 11 is 0. The summed E-state index contributed by atoms with van der Waals surface area (Å²) in [7, 11) is 0.0800. The van der Waals surface area contributed by atoms with Gasteiger partial charge in [-0.1, -0.05) is 13.0 Å². The van der Waals surface area contributed by atoms with Gasteiger partial charge in [0.05, 0.1) is 39.6 Å². The maximum absolute atomic E-state index is 6.04. The smallest absolute Gasteiger partial charge is 0.104 e. The number of ether oxygens (including phenoxy) is 4. The molecule has 120 valence electrons. The summed E-state index contributed by atoms with van der Waals surface area (Å²) in [5.74, 6) is 1.80. The van der Waals surface area contributed by atoms with Crippen molar-refractivity contribution in [3.8, 4) is 0 Å². The van der Waals surface area contributed by atoms with Crippen LogP contribution in [0.3, 0.4) is 0 Å². The van der Waals surface area contributed by atoms with E-state index in [1.807, 2.05) is 0 Å². The maximum Gasteiger partial charge on any atom is 0.104 e. The van der Waals surface area contributed by atoms with Gasteiger partial charge in [0, 0.05) is 14.9 Å². The number of fused-ring (bicyclic) bond motifs is 2. The first-order chi connectivity index (χ1) is 10.3. The third-order valence-electron chi connectivity index (χ3n) is 5.99. The predicted octanol–water partition coefficient (Wildman–Crippen LogP) is 1.24. The molecule has 0 aromatic carbocycles. The summed E-state index contributed by atoms with van der Waals surface area (Å²) in [5.41, 5.74) is 1.31. The highest BCUT2D eigenvalue weighted by Gasteiger charge is 2.55. The molecule has 5 heteroatoms. The molecule has 0 N–H and O–H groups in total. The third kappa shape index (κ3) is 3.22. The Labute approximate surface area is 129 Å². The average Bonchev–Trinajstić information content (AvgIpc) is 3.39. The van der Waals surface area contributed by atoms with E-state index in [9.17, 15) is 0 Å². The van der Waals surface area contributed by atoms with E-state index in [-0.39, 0.29) is 9.52 Å². The van der Waals surface area contributed by atoms with Gasteiger partial charge in [-0.3, -0.25) is 0 Å². The minimum atomic E-state index is 0.0800. The lowest BCUT2D eigenvalue weighted by Crippen LogP contribution is -2.41. The monoisotopic (exact) mass is 312 g/mol. The normalized spacial score (nSPS) is 47.6. The fourth-order valence-corrected chi connectivity index (χ4v) is 6.89. The summed E-state index contributed by atoms with van der Waals surface area (Å²) in [5, 5.41) is 0. The fraction of sp³-hybridized carbons (Fsp3) is 1.00. The SMILES string of the molecule is C[SiH2]C1CC2CC1C(COCC1CO1)(COCC1CO1)C2. The number of epoxide rings is 2. The Hall–Kier alpha value is 0.0569. The minimum Gasteiger partial charge on any atom is -0.378 e. The highest BCUT2D eigenvalue weighted by molar-refractivity contribution is 6.36. The van der Waals surface area contributed by atoms with Gasteiger partial charge >= 0.3 is 0 Å². The summed E-state index contributed by atoms with van der Waals surface area (Å²) in [6.45, 7) is 7.57. The second-order valence-corrected chi connectivity index (χ2v) is 9.48. The fourth-order valence-electron chi connectivity index (χ4n) is 4.82. The minimum absolute atomic E-state index is 0.0800. The van der Waals surface area contributed by atoms with Gasteiger partial charge in [-0.25, -0.2) is 0 Å². The van der Waals surface area contributed by atoms with Crippen LogP contribution in [0, 0.1) is 17.3 Å². The Morgan fingerprint density at radius 2 is 1.67 bits per heavy atom. The molecule has 2 saturated heterocycles. The Kier molecular flexibility index (Phi) is 4.13. The van der Waals surface area contributed by atoms with Crippen molar-refractivity contribution < 1.29 is 18.9 Å². The van der Waals surface area contributed by atoms with Crippen molar-refractivity contribution in [3.05, 3.63) is 0 Å². The number of rotatable bonds is 9. The van der Waals surface area contributed by atoms with Crippen LogP contribution in [0.2, 0.25) is 12.1 Å². The molecule has 2 aliphatic carbocycles. The van der Waals surface area contributed by atoms with Gasteiger partial charge < -0.3 is 18.9 Å². The van der Waals surface area contributed by atoms with Crippen LogP contribution in [0.15, 0.2) is 0 Å². The van der Waals surface area contributed by atoms with Gasteiger partial charge in [0.1, 0.15) is 12.2 Å². The zero-order valence-corrected chi connectivity index (χ0v) is 14.5. The molecule has 0 spiro atoms. The van der Waals surface area contributed by atoms with E-state index < -0.39 is 0 Å². The molecule has 0 amide bonds. The second kappa shape index (κ2) is 5.93. The van der Waals surface area contributed by atoms with Crippen LogP contribution in [-0.4, -0.2) is 61.4 Å². The van der Waals surface area contributed by atoms with Crippen LogP contribution in [0.25, 0.3) is 0 Å². The van der Waals surface area contributed by atoms with Crippen molar-refractivity contribution in [1.29, 1.82) is 0 Å². The Morgan fingerprint density at radius 1 is 1.05 bits per heavy atom. The molecule has 0 aromatic rings. The van der Waals surface area contributed by atoms with Crippen molar-refractivity contribution in [1.82, 2.24) is 0 Å². The van der Waals surface area contributed by atoms with E-state index in [1.165, 1.54) is 19.3 Å². The molecule has 0 radical (unpaired) electrons. The van der Waals surface area contributed by atoms with Gasteiger partial charge in [0.25, 0.3) is 0 Å². The van der Waals surface area contributed by atoms with Crippen LogP contribution in [0.1, 0.15) is 19.3 Å². The maximum atomic E-state index is 6.04. The highest BCUT2D eigenvalue weighted by atomic mass is 28.2. The summed E-state index contributed by atoms with van der Waals surface area (Å²) in [6, 6.07) is 0. The van der Waals surface area contributed by atoms with E-state index in [0.717, 1.165) is 57.0 Å². The lowest BCUT2D eigenvalue weighted by atomic mass is 9.74. The van der Waals surface area contributed by atoms with Crippen LogP contribution < -0.4 is 0 Å². The van der Waals surface area contributed by atoms with Gasteiger partial charge in [0.2, 0.25) is 0 Å². The first-order valence-electron chi connectivity index (χ1n) is 8.68. The molecule has 0 aromatic heterocycles. The highest BCUT2D eigenvalue weighted by Crippen LogP contribution is 2.61. The Bertz CT molecular complexity index is 351. The van der Waals surface area contributed by atoms with Crippen molar-refractivity contribution in [2.75, 3.05) is 39.6 Å². The summed E-state index contributed by atoms with van der Waals surface area (Å²) in [4.78, 5) is 0. The van der Waals surface area contributed by atoms with E-state index in [1.54, 1.807) is 0 Å². The molecule has 2 bridgehead atoms. The van der Waals surface area contributed by atoms with E-state index in [2.05, 4.69) is 6.55 Å². The van der Waals surface area contributed by atoms with Crippen LogP contribution in [0.5, 0.6) is 0 Å². The molecule has 4 nitrogen and oxygen atoms in total. The molecule has 5 unspecified atom stereocenters. The molecule has 2 heterocycles. The third-order valence-corrected chi connectivity index (χ3v) is 7.94. The lowest BCUT2D eigenvalue weighted by molar-refractivity contribution is -0.0569. The molecule has 4 fully saturated rings. The van der Waals surface area contributed by atoms with E-state index in [0.29, 0.717) is 17.6 Å². The zero-order chi connectivity index (χ0) is 14.3. The Balaban J connectivity index is 1.37. The largest absolute Gasteiger partial charge is 0.378 e. The van der Waals surface area contributed by atoms with Crippen molar-refractivity contribution >= 4 is 9.52 Å². The van der Waals surface area contributed by atoms with E-state index in [4.69, 9.17) is 18.9 Å². The standard InChI is InChI=1S/C16H28O4Si/c1-21-15-3-11-2-14(15)16(4-11,9-17-5-12-7-19-12)10-18-6-13-8-20-13/h11-15H,2-10,21H2,1H3. The van der Waals surface area contributed by atoms with Gasteiger partial charge in [-0.05, 0) is 30.2 Å². The molecule has 21 heavy (non-hydrogen) atoms. The quantitative estimate of drug-likeness (QED) is 0.475. The average molecular weight is 312 g/mol. The van der Waals surface area contributed by atoms with Gasteiger partial charge in [-0.15, -0.1) is 0 Å². The topological polar surface area (TPSA) is 43.5 Å². The van der Waals surface area contributed by atoms with E-state index >= 15 is 0 Å². The van der Waals surface area contributed by atoms with Crippen molar-refractivity contribution in [3.63, 3.8) is 0 Å². The molecular weight excluding hydrogens is 284 g/mol. The molecule has 2 saturated carbocycles. The molecular formula is C16H28O4Si. The van der Waals surface area contributed by atoms with Crippen molar-refractivity contribution in [2.24, 2.45) is 17.3 Å². The summed E-state index contributed by atoms with van der Waals surface area (Å²) in [6.07, 6.45) is 4.99. The summed E-state index contributed by atoms with van der Waals surface area (Å²) < 4.78 is 22.6.